The molecule has 0 atom stereocenters. The first-order chi connectivity index (χ1) is 8.15. The van der Waals surface area contributed by atoms with Crippen LogP contribution in [0, 0.1) is 0 Å². The van der Waals surface area contributed by atoms with Gasteiger partial charge in [0.1, 0.15) is 7.05 Å². The fourth-order valence-electron chi connectivity index (χ4n) is 2.26. The summed E-state index contributed by atoms with van der Waals surface area (Å²) in [6.07, 6.45) is 0. The van der Waals surface area contributed by atoms with E-state index in [9.17, 15) is 0 Å². The molecule has 0 aliphatic rings. The molecule has 3 nitrogen and oxygen atoms in total. The molecule has 2 aromatic carbocycles. The lowest BCUT2D eigenvalue weighted by Gasteiger charge is -2.03. The molecule has 0 saturated carbocycles. The van der Waals surface area contributed by atoms with Crippen molar-refractivity contribution >= 4 is 33.2 Å². The maximum Gasteiger partial charge on any atom is 0.214 e. The van der Waals surface area contributed by atoms with E-state index in [2.05, 4.69) is 10.6 Å². The summed E-state index contributed by atoms with van der Waals surface area (Å²) >= 11 is 0. The zero-order valence-electron chi connectivity index (χ0n) is 9.64. The number of aromatic nitrogens is 1. The molecule has 4 N–H and O–H groups in total. The third kappa shape index (κ3) is 1.47. The molecule has 0 spiro atoms. The van der Waals surface area contributed by atoms with Crippen molar-refractivity contribution in [2.75, 3.05) is 11.5 Å². The highest BCUT2D eigenvalue weighted by atomic mass is 14.9. The van der Waals surface area contributed by atoms with Gasteiger partial charge in [0.25, 0.3) is 0 Å². The number of rotatable bonds is 0. The summed E-state index contributed by atoms with van der Waals surface area (Å²) in [5.74, 6) is 0. The molecule has 0 aliphatic carbocycles. The topological polar surface area (TPSA) is 55.9 Å². The van der Waals surface area contributed by atoms with E-state index < -0.39 is 0 Å². The lowest BCUT2D eigenvalue weighted by atomic mass is 10.1. The van der Waals surface area contributed by atoms with Crippen molar-refractivity contribution in [2.24, 2.45) is 7.05 Å². The Balaban J connectivity index is 2.52. The maximum absolute atomic E-state index is 5.83. The van der Waals surface area contributed by atoms with Gasteiger partial charge in [-0.15, -0.1) is 0 Å². The van der Waals surface area contributed by atoms with Gasteiger partial charge in [0.15, 0.2) is 0 Å². The number of nitrogens with zero attached hydrogens (tertiary/aromatic N) is 1. The molecule has 84 valence electrons. The molecule has 1 aromatic heterocycles. The first-order valence-corrected chi connectivity index (χ1v) is 5.53. The summed E-state index contributed by atoms with van der Waals surface area (Å²) in [7, 11) is 2.04. The second-order valence-corrected chi connectivity index (χ2v) is 4.34. The van der Waals surface area contributed by atoms with Crippen molar-refractivity contribution in [2.45, 2.75) is 0 Å². The van der Waals surface area contributed by atoms with E-state index in [0.29, 0.717) is 0 Å². The zero-order chi connectivity index (χ0) is 12.0. The average molecular weight is 224 g/mol. The van der Waals surface area contributed by atoms with E-state index >= 15 is 0 Å². The monoisotopic (exact) mass is 224 g/mol. The Labute approximate surface area is 99.3 Å². The highest BCUT2D eigenvalue weighted by molar-refractivity contribution is 5.91. The summed E-state index contributed by atoms with van der Waals surface area (Å²) in [5.41, 5.74) is 15.5. The normalized spacial score (nSPS) is 11.1. The average Bonchev–Trinajstić information content (AvgIpc) is 2.30. The number of hydrogen-bond acceptors (Lipinski definition) is 2. The molecule has 0 unspecified atom stereocenters. The van der Waals surface area contributed by atoms with Crippen LogP contribution in [-0.4, -0.2) is 0 Å². The first kappa shape index (κ1) is 9.90. The number of benzene rings is 2. The van der Waals surface area contributed by atoms with Gasteiger partial charge in [-0.05, 0) is 30.3 Å². The molecule has 0 saturated heterocycles. The predicted molar refractivity (Wildman–Crippen MR) is 71.5 cm³/mol. The molecule has 3 aromatic rings. The van der Waals surface area contributed by atoms with Gasteiger partial charge in [-0.25, -0.2) is 0 Å². The van der Waals surface area contributed by atoms with Gasteiger partial charge in [0, 0.05) is 34.3 Å². The Morgan fingerprint density at radius 3 is 2.29 bits per heavy atom. The second-order valence-electron chi connectivity index (χ2n) is 4.34. The minimum atomic E-state index is 0.780. The number of aryl methyl sites for hydroxylation is 1. The Kier molecular flexibility index (Phi) is 1.95. The molecular formula is C14H14N3+. The van der Waals surface area contributed by atoms with Crippen molar-refractivity contribution in [3.8, 4) is 0 Å². The van der Waals surface area contributed by atoms with Crippen LogP contribution in [0.4, 0.5) is 11.4 Å². The molecule has 17 heavy (non-hydrogen) atoms. The number of nitrogen functional groups attached to an aromatic ring is 2. The number of anilines is 2. The van der Waals surface area contributed by atoms with E-state index in [4.69, 9.17) is 11.5 Å². The van der Waals surface area contributed by atoms with Crippen LogP contribution in [0.15, 0.2) is 42.5 Å². The summed E-state index contributed by atoms with van der Waals surface area (Å²) in [6, 6.07) is 14.0. The van der Waals surface area contributed by atoms with Crippen molar-refractivity contribution < 1.29 is 4.57 Å². The minimum absolute atomic E-state index is 0.780. The molecule has 0 aliphatic heterocycles. The van der Waals surface area contributed by atoms with Gasteiger partial charge in [0.2, 0.25) is 11.0 Å². The second kappa shape index (κ2) is 3.35. The number of fused-ring (bicyclic) bond motifs is 2. The van der Waals surface area contributed by atoms with Gasteiger partial charge >= 0.3 is 0 Å². The number of pyridine rings is 1. The predicted octanol–water partition coefficient (Wildman–Crippen LogP) is 1.98. The number of hydrogen-bond donors (Lipinski definition) is 2. The van der Waals surface area contributed by atoms with E-state index in [1.165, 1.54) is 5.39 Å². The van der Waals surface area contributed by atoms with Crippen LogP contribution in [0.5, 0.6) is 0 Å². The first-order valence-electron chi connectivity index (χ1n) is 5.53. The third-order valence-corrected chi connectivity index (χ3v) is 3.14. The third-order valence-electron chi connectivity index (χ3n) is 3.14. The van der Waals surface area contributed by atoms with E-state index in [-0.39, 0.29) is 0 Å². The van der Waals surface area contributed by atoms with E-state index in [1.807, 2.05) is 43.4 Å². The number of nitrogens with two attached hydrogens (primary N) is 2. The Hall–Kier alpha value is -2.29. The fourth-order valence-corrected chi connectivity index (χ4v) is 2.26. The van der Waals surface area contributed by atoms with Crippen molar-refractivity contribution in [1.29, 1.82) is 0 Å². The molecule has 0 amide bonds. The highest BCUT2D eigenvalue weighted by Gasteiger charge is 2.11. The molecule has 0 radical (unpaired) electrons. The largest absolute Gasteiger partial charge is 0.399 e. The zero-order valence-corrected chi connectivity index (χ0v) is 9.64. The van der Waals surface area contributed by atoms with Crippen molar-refractivity contribution in [1.82, 2.24) is 0 Å². The Morgan fingerprint density at radius 1 is 0.765 bits per heavy atom. The van der Waals surface area contributed by atoms with Crippen LogP contribution in [-0.2, 0) is 7.05 Å². The van der Waals surface area contributed by atoms with Crippen molar-refractivity contribution in [3.05, 3.63) is 42.5 Å². The quantitative estimate of drug-likeness (QED) is 0.348. The molecule has 3 rings (SSSR count). The molecule has 0 bridgehead atoms. The van der Waals surface area contributed by atoms with Gasteiger partial charge in [-0.3, -0.25) is 0 Å². The lowest BCUT2D eigenvalue weighted by Crippen LogP contribution is -2.30. The van der Waals surface area contributed by atoms with Crippen LogP contribution < -0.4 is 16.0 Å². The SMILES string of the molecule is C[n+]1c2ccc(N)cc2cc2ccc(N)cc21. The molecular weight excluding hydrogens is 210 g/mol. The van der Waals surface area contributed by atoms with Crippen LogP contribution in [0.2, 0.25) is 0 Å². The van der Waals surface area contributed by atoms with E-state index in [1.54, 1.807) is 0 Å². The maximum atomic E-state index is 5.83. The van der Waals surface area contributed by atoms with Gasteiger partial charge in [-0.1, -0.05) is 0 Å². The van der Waals surface area contributed by atoms with Crippen LogP contribution in [0.25, 0.3) is 21.8 Å². The molecule has 3 heteroatoms. The molecule has 0 fully saturated rings. The summed E-state index contributed by atoms with van der Waals surface area (Å²) in [5, 5.41) is 2.31. The smallest absolute Gasteiger partial charge is 0.214 e. The van der Waals surface area contributed by atoms with Crippen LogP contribution in [0.1, 0.15) is 0 Å². The van der Waals surface area contributed by atoms with E-state index in [0.717, 1.165) is 27.8 Å². The lowest BCUT2D eigenvalue weighted by molar-refractivity contribution is -0.617. The minimum Gasteiger partial charge on any atom is -0.399 e. The summed E-state index contributed by atoms with van der Waals surface area (Å²) in [6.45, 7) is 0. The van der Waals surface area contributed by atoms with Gasteiger partial charge in [-0.2, -0.15) is 4.57 Å². The molecule has 1 heterocycles. The van der Waals surface area contributed by atoms with Crippen molar-refractivity contribution in [3.63, 3.8) is 0 Å². The van der Waals surface area contributed by atoms with Gasteiger partial charge in [0.05, 0.1) is 0 Å². The fraction of sp³-hybridized carbons (Fsp3) is 0.0714. The Bertz CT molecular complexity index is 732. The highest BCUT2D eigenvalue weighted by Crippen LogP contribution is 2.21. The van der Waals surface area contributed by atoms with Crippen LogP contribution >= 0.6 is 0 Å². The van der Waals surface area contributed by atoms with Gasteiger partial charge < -0.3 is 11.5 Å². The Morgan fingerprint density at radius 2 is 1.47 bits per heavy atom. The summed E-state index contributed by atoms with van der Waals surface area (Å²) < 4.78 is 2.14. The summed E-state index contributed by atoms with van der Waals surface area (Å²) in [4.78, 5) is 0. The van der Waals surface area contributed by atoms with Crippen LogP contribution in [0.3, 0.4) is 0 Å². The standard InChI is InChI=1S/C14H13N3/c1-17-13-5-4-11(15)7-10(13)6-9-2-3-12(16)8-14(9)17/h2-8,16H,15H2,1H3/p+1.